The fraction of sp³-hybridized carbons (Fsp3) is 0.562. The molecule has 0 saturated carbocycles. The van der Waals surface area contributed by atoms with Crippen molar-refractivity contribution in [1.82, 2.24) is 10.2 Å². The number of likely N-dealkylation sites (tertiary alicyclic amines) is 1. The molecule has 3 nitrogen and oxygen atoms in total. The molecule has 2 aliphatic rings. The highest BCUT2D eigenvalue weighted by Gasteiger charge is 2.37. The Morgan fingerprint density at radius 3 is 2.50 bits per heavy atom. The molecule has 2 aliphatic heterocycles. The van der Waals surface area contributed by atoms with E-state index in [-0.39, 0.29) is 5.91 Å². The Kier molecular flexibility index (Phi) is 4.13. The van der Waals surface area contributed by atoms with Crippen LogP contribution in [-0.2, 0) is 11.2 Å². The maximum Gasteiger partial charge on any atom is 0.226 e. The van der Waals surface area contributed by atoms with Crippen LogP contribution in [0.25, 0.3) is 0 Å². The minimum atomic E-state index is 0.271. The molecule has 2 fully saturated rings. The van der Waals surface area contributed by atoms with Crippen molar-refractivity contribution in [2.75, 3.05) is 26.2 Å². The second-order valence-corrected chi connectivity index (χ2v) is 7.03. The van der Waals surface area contributed by atoms with Crippen molar-refractivity contribution < 1.29 is 4.79 Å². The van der Waals surface area contributed by atoms with Crippen LogP contribution in [0.3, 0.4) is 0 Å². The summed E-state index contributed by atoms with van der Waals surface area (Å²) in [5, 5.41) is 3.46. The molecule has 0 aliphatic carbocycles. The Balaban J connectivity index is 1.55. The van der Waals surface area contributed by atoms with E-state index in [1.165, 1.54) is 6.42 Å². The molecular weight excluding hydrogens is 316 g/mol. The first-order valence-corrected chi connectivity index (χ1v) is 8.19. The Labute approximate surface area is 128 Å². The van der Waals surface area contributed by atoms with E-state index in [4.69, 9.17) is 0 Å². The van der Waals surface area contributed by atoms with E-state index in [0.29, 0.717) is 11.8 Å². The lowest BCUT2D eigenvalue weighted by atomic mass is 9.78. The Hall–Kier alpha value is -0.870. The molecule has 2 heterocycles. The molecule has 4 heteroatoms. The van der Waals surface area contributed by atoms with Crippen molar-refractivity contribution in [3.8, 4) is 0 Å². The van der Waals surface area contributed by atoms with Gasteiger partial charge in [0.15, 0.2) is 0 Å². The summed E-state index contributed by atoms with van der Waals surface area (Å²) >= 11 is 3.42. The zero-order chi connectivity index (χ0) is 14.0. The van der Waals surface area contributed by atoms with Gasteiger partial charge in [-0.2, -0.15) is 0 Å². The summed E-state index contributed by atoms with van der Waals surface area (Å²) in [6.07, 6.45) is 4.12. The van der Waals surface area contributed by atoms with Crippen LogP contribution >= 0.6 is 15.9 Å². The third kappa shape index (κ3) is 3.07. The van der Waals surface area contributed by atoms with Crippen LogP contribution in [0.4, 0.5) is 0 Å². The van der Waals surface area contributed by atoms with Crippen LogP contribution in [0, 0.1) is 5.41 Å². The molecule has 1 spiro atoms. The number of carbonyl (C=O) groups is 1. The minimum Gasteiger partial charge on any atom is -0.342 e. The first kappa shape index (κ1) is 14.1. The van der Waals surface area contributed by atoms with Crippen LogP contribution in [0.5, 0.6) is 0 Å². The van der Waals surface area contributed by atoms with Gasteiger partial charge in [-0.05, 0) is 48.9 Å². The van der Waals surface area contributed by atoms with Gasteiger partial charge >= 0.3 is 0 Å². The number of nitrogens with one attached hydrogen (secondary N) is 1. The normalized spacial score (nSPS) is 21.4. The molecule has 1 N–H and O–H groups in total. The van der Waals surface area contributed by atoms with Crippen LogP contribution < -0.4 is 5.32 Å². The van der Waals surface area contributed by atoms with Crippen molar-refractivity contribution in [3.63, 3.8) is 0 Å². The number of rotatable bonds is 2. The van der Waals surface area contributed by atoms with Crippen LogP contribution in [0.15, 0.2) is 28.7 Å². The molecule has 0 bridgehead atoms. The zero-order valence-electron chi connectivity index (χ0n) is 11.7. The number of hydrogen-bond acceptors (Lipinski definition) is 2. The number of amides is 1. The van der Waals surface area contributed by atoms with E-state index in [2.05, 4.69) is 21.2 Å². The van der Waals surface area contributed by atoms with Crippen LogP contribution in [0.1, 0.15) is 24.8 Å². The van der Waals surface area contributed by atoms with E-state index >= 15 is 0 Å². The van der Waals surface area contributed by atoms with Crippen molar-refractivity contribution in [3.05, 3.63) is 34.3 Å². The largest absolute Gasteiger partial charge is 0.342 e. The van der Waals surface area contributed by atoms with Gasteiger partial charge in [0, 0.05) is 24.1 Å². The van der Waals surface area contributed by atoms with E-state index in [1.54, 1.807) is 0 Å². The second kappa shape index (κ2) is 5.86. The predicted molar refractivity (Wildman–Crippen MR) is 83.6 cm³/mol. The topological polar surface area (TPSA) is 32.3 Å². The lowest BCUT2D eigenvalue weighted by Crippen LogP contribution is -2.44. The lowest BCUT2D eigenvalue weighted by molar-refractivity contribution is -0.132. The highest BCUT2D eigenvalue weighted by molar-refractivity contribution is 9.10. The number of carbonyl (C=O) groups excluding carboxylic acids is 1. The number of halogens is 1. The highest BCUT2D eigenvalue weighted by atomic mass is 79.9. The Morgan fingerprint density at radius 2 is 1.90 bits per heavy atom. The Morgan fingerprint density at radius 1 is 1.20 bits per heavy atom. The monoisotopic (exact) mass is 336 g/mol. The van der Waals surface area contributed by atoms with Gasteiger partial charge in [-0.25, -0.2) is 0 Å². The molecule has 0 aromatic heterocycles. The van der Waals surface area contributed by atoms with Gasteiger partial charge in [0.1, 0.15) is 0 Å². The first-order valence-electron chi connectivity index (χ1n) is 7.40. The smallest absolute Gasteiger partial charge is 0.226 e. The fourth-order valence-electron chi connectivity index (χ4n) is 3.34. The van der Waals surface area contributed by atoms with Gasteiger partial charge < -0.3 is 10.2 Å². The molecule has 2 saturated heterocycles. The number of hydrogen-bond donors (Lipinski definition) is 1. The molecule has 0 atom stereocenters. The van der Waals surface area contributed by atoms with Crippen LogP contribution in [-0.4, -0.2) is 37.0 Å². The van der Waals surface area contributed by atoms with E-state index < -0.39 is 0 Å². The third-order valence-electron chi connectivity index (χ3n) is 4.78. The van der Waals surface area contributed by atoms with Crippen molar-refractivity contribution in [2.24, 2.45) is 5.41 Å². The first-order chi connectivity index (χ1) is 9.67. The van der Waals surface area contributed by atoms with Gasteiger partial charge in [0.25, 0.3) is 0 Å². The second-order valence-electron chi connectivity index (χ2n) is 6.11. The van der Waals surface area contributed by atoms with E-state index in [9.17, 15) is 4.79 Å². The SMILES string of the molecule is O=C(Cc1ccc(Br)cc1)N1CCC2(CCNC2)CC1. The standard InChI is InChI=1S/C16H21BrN2O/c17-14-3-1-13(2-4-14)11-15(20)19-9-6-16(7-10-19)5-8-18-12-16/h1-4,18H,5-12H2. The average molecular weight is 337 g/mol. The number of nitrogens with zero attached hydrogens (tertiary/aromatic N) is 1. The van der Waals surface area contributed by atoms with Crippen molar-refractivity contribution in [1.29, 1.82) is 0 Å². The molecule has 0 radical (unpaired) electrons. The minimum absolute atomic E-state index is 0.271. The van der Waals surface area contributed by atoms with E-state index in [1.807, 2.05) is 29.2 Å². The summed E-state index contributed by atoms with van der Waals surface area (Å²) in [6.45, 7) is 4.14. The molecule has 108 valence electrons. The molecule has 1 aromatic rings. The molecule has 20 heavy (non-hydrogen) atoms. The number of piperidine rings is 1. The van der Waals surface area contributed by atoms with Gasteiger partial charge in [0.2, 0.25) is 5.91 Å². The molecule has 1 aromatic carbocycles. The molecule has 3 rings (SSSR count). The number of benzene rings is 1. The quantitative estimate of drug-likeness (QED) is 0.900. The predicted octanol–water partition coefficient (Wildman–Crippen LogP) is 2.59. The van der Waals surface area contributed by atoms with Gasteiger partial charge in [0.05, 0.1) is 6.42 Å². The summed E-state index contributed by atoms with van der Waals surface area (Å²) in [6, 6.07) is 8.04. The van der Waals surface area contributed by atoms with Crippen molar-refractivity contribution >= 4 is 21.8 Å². The summed E-state index contributed by atoms with van der Waals surface area (Å²) in [5.74, 6) is 0.271. The Bertz CT molecular complexity index is 470. The lowest BCUT2D eigenvalue weighted by Gasteiger charge is -2.39. The third-order valence-corrected chi connectivity index (χ3v) is 5.31. The van der Waals surface area contributed by atoms with Gasteiger partial charge in [-0.1, -0.05) is 28.1 Å². The summed E-state index contributed by atoms with van der Waals surface area (Å²) in [7, 11) is 0. The summed E-state index contributed by atoms with van der Waals surface area (Å²) < 4.78 is 1.06. The average Bonchev–Trinajstić information content (AvgIpc) is 2.90. The fourth-order valence-corrected chi connectivity index (χ4v) is 3.61. The highest BCUT2D eigenvalue weighted by Crippen LogP contribution is 2.36. The molecule has 0 unspecified atom stereocenters. The maximum absolute atomic E-state index is 12.4. The van der Waals surface area contributed by atoms with Crippen molar-refractivity contribution in [2.45, 2.75) is 25.7 Å². The van der Waals surface area contributed by atoms with Crippen LogP contribution in [0.2, 0.25) is 0 Å². The van der Waals surface area contributed by atoms with E-state index in [0.717, 1.165) is 49.1 Å². The maximum atomic E-state index is 12.4. The summed E-state index contributed by atoms with van der Waals surface area (Å²) in [4.78, 5) is 14.4. The zero-order valence-corrected chi connectivity index (χ0v) is 13.3. The molecule has 1 amide bonds. The summed E-state index contributed by atoms with van der Waals surface area (Å²) in [5.41, 5.74) is 1.58. The van der Waals surface area contributed by atoms with Gasteiger partial charge in [-0.3, -0.25) is 4.79 Å². The molecular formula is C16H21BrN2O. The van der Waals surface area contributed by atoms with Gasteiger partial charge in [-0.15, -0.1) is 0 Å².